The topological polar surface area (TPSA) is 84.1 Å². The van der Waals surface area contributed by atoms with Crippen LogP contribution in [0.1, 0.15) is 16.8 Å². The van der Waals surface area contributed by atoms with Gasteiger partial charge in [-0.05, 0) is 24.1 Å². The summed E-state index contributed by atoms with van der Waals surface area (Å²) in [7, 11) is -1.59. The van der Waals surface area contributed by atoms with Gasteiger partial charge in [0.2, 0.25) is 0 Å². The van der Waals surface area contributed by atoms with Gasteiger partial charge in [-0.2, -0.15) is 23.4 Å². The summed E-state index contributed by atoms with van der Waals surface area (Å²) in [6.07, 6.45) is 0.976. The molecule has 0 aliphatic heterocycles. The molecule has 0 spiro atoms. The summed E-state index contributed by atoms with van der Waals surface area (Å²) in [6.45, 7) is 2.22. The van der Waals surface area contributed by atoms with Crippen LogP contribution in [0.25, 0.3) is 11.3 Å². The molecule has 116 valence electrons. The fourth-order valence-electron chi connectivity index (χ4n) is 2.17. The van der Waals surface area contributed by atoms with Gasteiger partial charge < -0.3 is 4.57 Å². The minimum Gasteiger partial charge on any atom is -0.347 e. The van der Waals surface area contributed by atoms with Crippen LogP contribution in [0.3, 0.4) is 0 Å². The Morgan fingerprint density at radius 1 is 1.32 bits per heavy atom. The zero-order valence-electron chi connectivity index (χ0n) is 12.6. The average molecular weight is 319 g/mol. The van der Waals surface area contributed by atoms with Gasteiger partial charge in [-0.25, -0.2) is 0 Å². The number of hydrogen-bond acceptors (Lipinski definition) is 5. The minimum absolute atomic E-state index is 0.268. The van der Waals surface area contributed by atoms with Gasteiger partial charge in [-0.15, -0.1) is 0 Å². The summed E-state index contributed by atoms with van der Waals surface area (Å²) in [5.41, 5.74) is 6.71. The van der Waals surface area contributed by atoms with E-state index in [2.05, 4.69) is 15.8 Å². The number of aryl methyl sites for hydroxylation is 1. The van der Waals surface area contributed by atoms with Crippen molar-refractivity contribution in [3.05, 3.63) is 47.2 Å². The van der Waals surface area contributed by atoms with E-state index in [-0.39, 0.29) is 6.54 Å². The van der Waals surface area contributed by atoms with E-state index in [9.17, 15) is 13.7 Å². The van der Waals surface area contributed by atoms with Gasteiger partial charge in [0, 0.05) is 19.3 Å². The third-order valence-electron chi connectivity index (χ3n) is 3.31. The van der Waals surface area contributed by atoms with E-state index >= 15 is 0 Å². The van der Waals surface area contributed by atoms with Gasteiger partial charge >= 0.3 is 0 Å². The van der Waals surface area contributed by atoms with Crippen LogP contribution in [0.5, 0.6) is 0 Å². The second-order valence-electron chi connectivity index (χ2n) is 5.02. The van der Waals surface area contributed by atoms with Crippen LogP contribution in [0, 0.1) is 18.3 Å². The van der Waals surface area contributed by atoms with E-state index < -0.39 is 10.1 Å². The van der Waals surface area contributed by atoms with Crippen molar-refractivity contribution >= 4 is 10.1 Å². The van der Waals surface area contributed by atoms with Crippen molar-refractivity contribution in [3.8, 4) is 17.3 Å². The molecule has 0 atom stereocenters. The molecule has 1 aromatic heterocycles. The first kappa shape index (κ1) is 16.2. The molecule has 0 saturated heterocycles. The standard InChI is InChI=1S/C15H17N3O3S/c1-11-8-14(9-16)15(18(11)2)13-6-4-12(5-7-13)10-17-21-22(3,19)20/h4-8,17H,10H2,1-3H3. The fourth-order valence-corrected chi connectivity index (χ4v) is 2.44. The lowest BCUT2D eigenvalue weighted by Gasteiger charge is -2.08. The highest BCUT2D eigenvalue weighted by Gasteiger charge is 2.12. The molecule has 1 N–H and O–H groups in total. The number of aromatic nitrogens is 1. The average Bonchev–Trinajstić information content (AvgIpc) is 2.74. The molecule has 0 aliphatic carbocycles. The molecule has 2 aromatic rings. The molecule has 0 fully saturated rings. The molecule has 7 heteroatoms. The number of nitrogens with one attached hydrogen (secondary N) is 1. The predicted molar refractivity (Wildman–Crippen MR) is 83.1 cm³/mol. The third-order valence-corrected chi connectivity index (χ3v) is 3.73. The number of hydrogen-bond donors (Lipinski definition) is 1. The zero-order valence-corrected chi connectivity index (χ0v) is 13.4. The molecule has 0 amide bonds. The van der Waals surface area contributed by atoms with E-state index in [4.69, 9.17) is 0 Å². The van der Waals surface area contributed by atoms with Crippen LogP contribution in [-0.2, 0) is 28.0 Å². The van der Waals surface area contributed by atoms with Crippen molar-refractivity contribution in [2.24, 2.45) is 7.05 Å². The Balaban J connectivity index is 2.18. The van der Waals surface area contributed by atoms with Gasteiger partial charge in [-0.3, -0.25) is 0 Å². The smallest absolute Gasteiger partial charge is 0.280 e. The summed E-state index contributed by atoms with van der Waals surface area (Å²) in [5.74, 6) is 0. The van der Waals surface area contributed by atoms with Crippen molar-refractivity contribution < 1.29 is 12.7 Å². The summed E-state index contributed by atoms with van der Waals surface area (Å²) in [4.78, 5) is 0. The molecule has 6 nitrogen and oxygen atoms in total. The first-order chi connectivity index (χ1) is 10.3. The van der Waals surface area contributed by atoms with Crippen molar-refractivity contribution in [2.75, 3.05) is 6.26 Å². The second-order valence-corrected chi connectivity index (χ2v) is 6.60. The van der Waals surface area contributed by atoms with E-state index in [1.807, 2.05) is 48.9 Å². The molecule has 0 bridgehead atoms. The van der Waals surface area contributed by atoms with Crippen molar-refractivity contribution in [3.63, 3.8) is 0 Å². The highest BCUT2D eigenvalue weighted by molar-refractivity contribution is 7.85. The summed E-state index contributed by atoms with van der Waals surface area (Å²) in [6, 6.07) is 11.6. The SMILES string of the molecule is Cc1cc(C#N)c(-c2ccc(CNOS(C)(=O)=O)cc2)n1C. The molecular formula is C15H17N3O3S. The van der Waals surface area contributed by atoms with Crippen molar-refractivity contribution in [1.82, 2.24) is 10.0 Å². The van der Waals surface area contributed by atoms with Gasteiger partial charge in [0.1, 0.15) is 6.07 Å². The van der Waals surface area contributed by atoms with Crippen LogP contribution in [-0.4, -0.2) is 19.2 Å². The number of nitriles is 1. The summed E-state index contributed by atoms with van der Waals surface area (Å²) in [5, 5.41) is 9.22. The quantitative estimate of drug-likeness (QED) is 0.850. The van der Waals surface area contributed by atoms with E-state index in [0.29, 0.717) is 5.56 Å². The van der Waals surface area contributed by atoms with Crippen LogP contribution in [0.4, 0.5) is 0 Å². The molecule has 2 rings (SSSR count). The first-order valence-corrected chi connectivity index (χ1v) is 8.40. The van der Waals surface area contributed by atoms with Gasteiger partial charge in [0.05, 0.1) is 17.5 Å². The van der Waals surface area contributed by atoms with Crippen LogP contribution in [0.2, 0.25) is 0 Å². The van der Waals surface area contributed by atoms with Crippen molar-refractivity contribution in [1.29, 1.82) is 5.26 Å². The molecule has 1 heterocycles. The van der Waals surface area contributed by atoms with Gasteiger partial charge in [0.25, 0.3) is 10.1 Å². The molecule has 0 unspecified atom stereocenters. The number of rotatable bonds is 5. The Kier molecular flexibility index (Phi) is 4.66. The Morgan fingerprint density at radius 3 is 2.50 bits per heavy atom. The summed E-state index contributed by atoms with van der Waals surface area (Å²) >= 11 is 0. The van der Waals surface area contributed by atoms with Crippen LogP contribution >= 0.6 is 0 Å². The lowest BCUT2D eigenvalue weighted by atomic mass is 10.1. The molecular weight excluding hydrogens is 302 g/mol. The normalized spacial score (nSPS) is 11.4. The lowest BCUT2D eigenvalue weighted by Crippen LogP contribution is -2.18. The van der Waals surface area contributed by atoms with E-state index in [1.165, 1.54) is 0 Å². The maximum atomic E-state index is 10.9. The van der Waals surface area contributed by atoms with Crippen molar-refractivity contribution in [2.45, 2.75) is 13.5 Å². The number of benzene rings is 1. The highest BCUT2D eigenvalue weighted by Crippen LogP contribution is 2.26. The monoisotopic (exact) mass is 319 g/mol. The zero-order chi connectivity index (χ0) is 16.3. The van der Waals surface area contributed by atoms with E-state index in [0.717, 1.165) is 28.8 Å². The molecule has 0 saturated carbocycles. The fraction of sp³-hybridized carbons (Fsp3) is 0.267. The third kappa shape index (κ3) is 3.74. The van der Waals surface area contributed by atoms with E-state index in [1.54, 1.807) is 0 Å². The first-order valence-electron chi connectivity index (χ1n) is 6.59. The summed E-state index contributed by atoms with van der Waals surface area (Å²) < 4.78 is 28.2. The molecule has 0 radical (unpaired) electrons. The van der Waals surface area contributed by atoms with Crippen LogP contribution < -0.4 is 5.48 Å². The Morgan fingerprint density at radius 2 is 1.95 bits per heavy atom. The minimum atomic E-state index is -3.51. The Labute approximate surface area is 130 Å². The Hall–Kier alpha value is -2.14. The predicted octanol–water partition coefficient (Wildman–Crippen LogP) is 1.85. The maximum absolute atomic E-state index is 10.9. The van der Waals surface area contributed by atoms with Gasteiger partial charge in [-0.1, -0.05) is 24.3 Å². The maximum Gasteiger partial charge on any atom is 0.280 e. The molecule has 1 aromatic carbocycles. The second kappa shape index (κ2) is 6.32. The largest absolute Gasteiger partial charge is 0.347 e. The lowest BCUT2D eigenvalue weighted by molar-refractivity contribution is 0.201. The van der Waals surface area contributed by atoms with Gasteiger partial charge in [0.15, 0.2) is 0 Å². The number of nitrogens with zero attached hydrogens (tertiary/aromatic N) is 2. The number of hydroxylamine groups is 1. The molecule has 22 heavy (non-hydrogen) atoms. The van der Waals surface area contributed by atoms with Crippen LogP contribution in [0.15, 0.2) is 30.3 Å². The Bertz CT molecular complexity index is 815. The molecule has 0 aliphatic rings. The highest BCUT2D eigenvalue weighted by atomic mass is 32.2.